The number of hydrogen-bond acceptors (Lipinski definition) is 1. The van der Waals surface area contributed by atoms with Crippen LogP contribution in [0.1, 0.15) is 17.0 Å². The average Bonchev–Trinajstić information content (AvgIpc) is 2.74. The van der Waals surface area contributed by atoms with Gasteiger partial charge in [-0.1, -0.05) is 60.7 Å². The zero-order valence-corrected chi connectivity index (χ0v) is 15.5. The Kier molecular flexibility index (Phi) is 5.50. The molecule has 1 heterocycles. The Morgan fingerprint density at radius 2 is 1.26 bits per heavy atom. The third kappa shape index (κ3) is 4.37. The van der Waals surface area contributed by atoms with Crippen LogP contribution in [0.2, 0.25) is 0 Å². The summed E-state index contributed by atoms with van der Waals surface area (Å²) in [6.07, 6.45) is 0. The highest BCUT2D eigenvalue weighted by Gasteiger charge is 2.25. The first-order chi connectivity index (χ1) is 13.3. The summed E-state index contributed by atoms with van der Waals surface area (Å²) in [5.74, 6) is 0.247. The molecule has 4 rings (SSSR count). The predicted molar refractivity (Wildman–Crippen MR) is 109 cm³/mol. The van der Waals surface area contributed by atoms with E-state index in [4.69, 9.17) is 0 Å². The maximum absolute atomic E-state index is 13.2. The van der Waals surface area contributed by atoms with E-state index in [1.165, 1.54) is 11.1 Å². The molecule has 0 unspecified atom stereocenters. The fourth-order valence-electron chi connectivity index (χ4n) is 4.02. The number of nitrogens with one attached hydrogen (secondary N) is 1. The Morgan fingerprint density at radius 1 is 0.741 bits per heavy atom. The second kappa shape index (κ2) is 8.36. The SMILES string of the molecule is Fc1ccc(N2CC[NH+](CC(c3ccccc3)c3ccccc3)CC2)cc1. The van der Waals surface area contributed by atoms with Gasteiger partial charge in [0.15, 0.2) is 0 Å². The quantitative estimate of drug-likeness (QED) is 0.732. The second-order valence-electron chi connectivity index (χ2n) is 7.29. The van der Waals surface area contributed by atoms with Gasteiger partial charge < -0.3 is 9.80 Å². The summed E-state index contributed by atoms with van der Waals surface area (Å²) in [6, 6.07) is 28.5. The molecule has 1 saturated heterocycles. The van der Waals surface area contributed by atoms with Crippen molar-refractivity contribution in [1.29, 1.82) is 0 Å². The number of quaternary nitrogens is 1. The summed E-state index contributed by atoms with van der Waals surface area (Å²) < 4.78 is 13.2. The lowest BCUT2D eigenvalue weighted by atomic mass is 9.90. The van der Waals surface area contributed by atoms with Gasteiger partial charge in [-0.3, -0.25) is 0 Å². The molecule has 1 fully saturated rings. The molecule has 27 heavy (non-hydrogen) atoms. The number of piperazine rings is 1. The largest absolute Gasteiger partial charge is 0.360 e. The fraction of sp³-hybridized carbons (Fsp3) is 0.250. The Bertz CT molecular complexity index is 786. The summed E-state index contributed by atoms with van der Waals surface area (Å²) in [6.45, 7) is 5.33. The second-order valence-corrected chi connectivity index (χ2v) is 7.29. The monoisotopic (exact) mass is 361 g/mol. The van der Waals surface area contributed by atoms with Gasteiger partial charge in [-0.05, 0) is 35.4 Å². The van der Waals surface area contributed by atoms with E-state index in [9.17, 15) is 4.39 Å². The summed E-state index contributed by atoms with van der Waals surface area (Å²) >= 11 is 0. The summed E-state index contributed by atoms with van der Waals surface area (Å²) in [4.78, 5) is 3.99. The summed E-state index contributed by atoms with van der Waals surface area (Å²) in [7, 11) is 0. The normalized spacial score (nSPS) is 15.3. The maximum atomic E-state index is 13.2. The Hall–Kier alpha value is -2.65. The molecule has 3 aromatic carbocycles. The van der Waals surface area contributed by atoms with Crippen molar-refractivity contribution in [1.82, 2.24) is 0 Å². The molecule has 3 heteroatoms. The Labute approximate surface area is 160 Å². The van der Waals surface area contributed by atoms with Gasteiger partial charge >= 0.3 is 0 Å². The van der Waals surface area contributed by atoms with Crippen LogP contribution >= 0.6 is 0 Å². The molecule has 2 nitrogen and oxygen atoms in total. The van der Waals surface area contributed by atoms with Crippen molar-refractivity contribution >= 4 is 5.69 Å². The van der Waals surface area contributed by atoms with Gasteiger partial charge in [0.2, 0.25) is 0 Å². The van der Waals surface area contributed by atoms with Gasteiger partial charge in [-0.2, -0.15) is 0 Å². The highest BCUT2D eigenvalue weighted by molar-refractivity contribution is 5.46. The van der Waals surface area contributed by atoms with E-state index in [1.807, 2.05) is 12.1 Å². The van der Waals surface area contributed by atoms with Crippen LogP contribution in [0.3, 0.4) is 0 Å². The van der Waals surface area contributed by atoms with Crippen LogP contribution < -0.4 is 9.80 Å². The van der Waals surface area contributed by atoms with Crippen molar-refractivity contribution in [2.75, 3.05) is 37.6 Å². The first-order valence-electron chi connectivity index (χ1n) is 9.73. The van der Waals surface area contributed by atoms with E-state index in [0.717, 1.165) is 38.4 Å². The predicted octanol–water partition coefficient (Wildman–Crippen LogP) is 3.36. The molecular weight excluding hydrogens is 335 g/mol. The number of rotatable bonds is 5. The van der Waals surface area contributed by atoms with Crippen LogP contribution in [-0.2, 0) is 0 Å². The van der Waals surface area contributed by atoms with Crippen molar-refractivity contribution in [3.8, 4) is 0 Å². The summed E-state index contributed by atoms with van der Waals surface area (Å²) in [5, 5.41) is 0. The first kappa shape index (κ1) is 17.7. The topological polar surface area (TPSA) is 7.68 Å². The van der Waals surface area contributed by atoms with E-state index in [-0.39, 0.29) is 5.82 Å². The van der Waals surface area contributed by atoms with Crippen LogP contribution in [-0.4, -0.2) is 32.7 Å². The molecule has 0 aliphatic carbocycles. The zero-order chi connectivity index (χ0) is 18.5. The minimum absolute atomic E-state index is 0.170. The molecule has 0 aromatic heterocycles. The van der Waals surface area contributed by atoms with Gasteiger partial charge in [-0.25, -0.2) is 4.39 Å². The lowest BCUT2D eigenvalue weighted by molar-refractivity contribution is -0.901. The third-order valence-electron chi connectivity index (χ3n) is 5.56. The Morgan fingerprint density at radius 3 is 1.78 bits per heavy atom. The zero-order valence-electron chi connectivity index (χ0n) is 15.5. The molecule has 0 amide bonds. The van der Waals surface area contributed by atoms with E-state index < -0.39 is 0 Å². The molecular formula is C24H26FN2+. The highest BCUT2D eigenvalue weighted by atomic mass is 19.1. The molecule has 138 valence electrons. The van der Waals surface area contributed by atoms with Crippen LogP contribution in [0.15, 0.2) is 84.9 Å². The van der Waals surface area contributed by atoms with Crippen molar-refractivity contribution in [2.24, 2.45) is 0 Å². The number of nitrogens with zero attached hydrogens (tertiary/aromatic N) is 1. The van der Waals surface area contributed by atoms with Crippen molar-refractivity contribution in [2.45, 2.75) is 5.92 Å². The molecule has 1 aliphatic heterocycles. The average molecular weight is 361 g/mol. The molecule has 0 saturated carbocycles. The molecule has 0 radical (unpaired) electrons. The van der Waals surface area contributed by atoms with Crippen LogP contribution in [0.4, 0.5) is 10.1 Å². The standard InChI is InChI=1S/C24H25FN2/c25-22-11-13-23(14-12-22)27-17-15-26(16-18-27)19-24(20-7-3-1-4-8-20)21-9-5-2-6-10-21/h1-14,24H,15-19H2/p+1. The van der Waals surface area contributed by atoms with E-state index >= 15 is 0 Å². The van der Waals surface area contributed by atoms with Gasteiger partial charge in [0.25, 0.3) is 0 Å². The minimum atomic E-state index is -0.170. The minimum Gasteiger partial charge on any atom is -0.360 e. The molecule has 0 atom stereocenters. The third-order valence-corrected chi connectivity index (χ3v) is 5.56. The molecule has 1 N–H and O–H groups in total. The number of anilines is 1. The number of hydrogen-bond donors (Lipinski definition) is 1. The van der Waals surface area contributed by atoms with Crippen molar-refractivity contribution in [3.05, 3.63) is 102 Å². The van der Waals surface area contributed by atoms with E-state index in [0.29, 0.717) is 5.92 Å². The maximum Gasteiger partial charge on any atom is 0.123 e. The first-order valence-corrected chi connectivity index (χ1v) is 9.73. The van der Waals surface area contributed by atoms with Crippen molar-refractivity contribution < 1.29 is 9.29 Å². The molecule has 0 bridgehead atoms. The molecule has 0 spiro atoms. The van der Waals surface area contributed by atoms with Gasteiger partial charge in [0.05, 0.1) is 38.6 Å². The Balaban J connectivity index is 1.44. The number of benzene rings is 3. The van der Waals surface area contributed by atoms with E-state index in [2.05, 4.69) is 65.6 Å². The van der Waals surface area contributed by atoms with Gasteiger partial charge in [-0.15, -0.1) is 0 Å². The summed E-state index contributed by atoms with van der Waals surface area (Å²) in [5.41, 5.74) is 3.90. The van der Waals surface area contributed by atoms with Crippen LogP contribution in [0.25, 0.3) is 0 Å². The number of halogens is 1. The smallest absolute Gasteiger partial charge is 0.123 e. The van der Waals surface area contributed by atoms with Gasteiger partial charge in [0.1, 0.15) is 5.82 Å². The molecule has 1 aliphatic rings. The lowest BCUT2D eigenvalue weighted by Crippen LogP contribution is -3.15. The van der Waals surface area contributed by atoms with E-state index in [1.54, 1.807) is 17.0 Å². The molecule has 3 aromatic rings. The van der Waals surface area contributed by atoms with Gasteiger partial charge in [0, 0.05) is 5.69 Å². The highest BCUT2D eigenvalue weighted by Crippen LogP contribution is 2.23. The van der Waals surface area contributed by atoms with Crippen molar-refractivity contribution in [3.63, 3.8) is 0 Å². The van der Waals surface area contributed by atoms with Crippen LogP contribution in [0.5, 0.6) is 0 Å². The lowest BCUT2D eigenvalue weighted by Gasteiger charge is -2.35. The fourth-order valence-corrected chi connectivity index (χ4v) is 4.02. The van der Waals surface area contributed by atoms with Crippen LogP contribution in [0, 0.1) is 5.82 Å².